The number of hydrogen-bond donors (Lipinski definition) is 1. The van der Waals surface area contributed by atoms with Crippen molar-refractivity contribution in [3.8, 4) is 5.75 Å². The van der Waals surface area contributed by atoms with Gasteiger partial charge in [-0.25, -0.2) is 0 Å². The van der Waals surface area contributed by atoms with Gasteiger partial charge < -0.3 is 14.4 Å². The van der Waals surface area contributed by atoms with Crippen LogP contribution in [0.3, 0.4) is 0 Å². The Kier molecular flexibility index (Phi) is 5.64. The molecule has 1 N–H and O–H groups in total. The predicted molar refractivity (Wildman–Crippen MR) is 83.8 cm³/mol. The van der Waals surface area contributed by atoms with E-state index in [2.05, 4.69) is 24.0 Å². The summed E-state index contributed by atoms with van der Waals surface area (Å²) in [7, 11) is 0. The van der Waals surface area contributed by atoms with Gasteiger partial charge in [0.25, 0.3) is 0 Å². The summed E-state index contributed by atoms with van der Waals surface area (Å²) in [4.78, 5) is 0. The van der Waals surface area contributed by atoms with Gasteiger partial charge in [-0.2, -0.15) is 0 Å². The van der Waals surface area contributed by atoms with Crippen LogP contribution in [0.4, 0.5) is 0 Å². The standard InChI is InChI=1S/C15H21N3O2S/c1-11(2)18-10-16-17-15(18)21-9-13(19)8-20-14-7-5-4-6-12(14)3/h4-7,10-11,13,19H,8-9H2,1-3H3. The first kappa shape index (κ1) is 15.9. The van der Waals surface area contributed by atoms with Crippen molar-refractivity contribution in [3.63, 3.8) is 0 Å². The Balaban J connectivity index is 1.81. The molecule has 0 bridgehead atoms. The summed E-state index contributed by atoms with van der Waals surface area (Å²) in [6.07, 6.45) is 1.16. The van der Waals surface area contributed by atoms with Gasteiger partial charge >= 0.3 is 0 Å². The maximum atomic E-state index is 10.0. The van der Waals surface area contributed by atoms with Crippen molar-refractivity contribution in [2.45, 2.75) is 38.1 Å². The molecule has 2 aromatic rings. The van der Waals surface area contributed by atoms with E-state index >= 15 is 0 Å². The molecule has 0 amide bonds. The van der Waals surface area contributed by atoms with Gasteiger partial charge in [0.05, 0.1) is 6.10 Å². The van der Waals surface area contributed by atoms with Crippen LogP contribution in [0.1, 0.15) is 25.5 Å². The van der Waals surface area contributed by atoms with Crippen LogP contribution >= 0.6 is 11.8 Å². The normalized spacial score (nSPS) is 12.6. The number of aliphatic hydroxyl groups excluding tert-OH is 1. The SMILES string of the molecule is Cc1ccccc1OCC(O)CSc1nncn1C(C)C. The second-order valence-corrected chi connectivity index (χ2v) is 6.14. The van der Waals surface area contributed by atoms with Gasteiger partial charge in [-0.05, 0) is 32.4 Å². The summed E-state index contributed by atoms with van der Waals surface area (Å²) in [6.45, 7) is 6.41. The summed E-state index contributed by atoms with van der Waals surface area (Å²) >= 11 is 1.49. The lowest BCUT2D eigenvalue weighted by Crippen LogP contribution is -2.20. The number of ether oxygens (including phenoxy) is 1. The minimum Gasteiger partial charge on any atom is -0.491 e. The third kappa shape index (κ3) is 4.47. The number of aliphatic hydroxyl groups is 1. The quantitative estimate of drug-likeness (QED) is 0.797. The topological polar surface area (TPSA) is 60.2 Å². The highest BCUT2D eigenvalue weighted by Crippen LogP contribution is 2.20. The van der Waals surface area contributed by atoms with E-state index in [1.165, 1.54) is 11.8 Å². The molecule has 0 saturated carbocycles. The minimum absolute atomic E-state index is 0.271. The van der Waals surface area contributed by atoms with E-state index in [1.807, 2.05) is 35.8 Å². The number of benzene rings is 1. The fourth-order valence-electron chi connectivity index (χ4n) is 1.81. The Bertz CT molecular complexity index is 572. The molecule has 0 spiro atoms. The highest BCUT2D eigenvalue weighted by atomic mass is 32.2. The largest absolute Gasteiger partial charge is 0.491 e. The van der Waals surface area contributed by atoms with E-state index in [4.69, 9.17) is 4.74 Å². The lowest BCUT2D eigenvalue weighted by Gasteiger charge is -2.14. The van der Waals surface area contributed by atoms with Crippen LogP contribution in [0.5, 0.6) is 5.75 Å². The molecule has 114 valence electrons. The molecule has 6 heteroatoms. The molecule has 1 atom stereocenters. The first-order valence-corrected chi connectivity index (χ1v) is 7.95. The van der Waals surface area contributed by atoms with Crippen molar-refractivity contribution < 1.29 is 9.84 Å². The van der Waals surface area contributed by atoms with Crippen molar-refractivity contribution in [1.29, 1.82) is 0 Å². The number of para-hydroxylation sites is 1. The third-order valence-corrected chi connectivity index (χ3v) is 4.13. The van der Waals surface area contributed by atoms with Gasteiger partial charge in [-0.3, -0.25) is 0 Å². The average Bonchev–Trinajstić information content (AvgIpc) is 2.93. The fourth-order valence-corrected chi connectivity index (χ4v) is 2.76. The molecule has 21 heavy (non-hydrogen) atoms. The molecule has 1 unspecified atom stereocenters. The zero-order valence-corrected chi connectivity index (χ0v) is 13.4. The molecule has 0 saturated heterocycles. The molecular weight excluding hydrogens is 286 g/mol. The Morgan fingerprint density at radius 1 is 1.33 bits per heavy atom. The molecule has 0 radical (unpaired) electrons. The Hall–Kier alpha value is -1.53. The molecule has 1 aromatic heterocycles. The zero-order chi connectivity index (χ0) is 15.2. The number of aryl methyl sites for hydroxylation is 1. The van der Waals surface area contributed by atoms with Crippen molar-refractivity contribution in [2.75, 3.05) is 12.4 Å². The molecule has 5 nitrogen and oxygen atoms in total. The zero-order valence-electron chi connectivity index (χ0n) is 12.6. The minimum atomic E-state index is -0.549. The highest BCUT2D eigenvalue weighted by molar-refractivity contribution is 7.99. The maximum Gasteiger partial charge on any atom is 0.191 e. The number of nitrogens with zero attached hydrogens (tertiary/aromatic N) is 3. The van der Waals surface area contributed by atoms with E-state index in [0.29, 0.717) is 11.8 Å². The number of aromatic nitrogens is 3. The van der Waals surface area contributed by atoms with E-state index in [1.54, 1.807) is 6.33 Å². The summed E-state index contributed by atoms with van der Waals surface area (Å²) in [5.74, 6) is 1.34. The predicted octanol–water partition coefficient (Wildman–Crippen LogP) is 2.70. The highest BCUT2D eigenvalue weighted by Gasteiger charge is 2.12. The van der Waals surface area contributed by atoms with E-state index < -0.39 is 6.10 Å². The molecule has 1 aromatic carbocycles. The average molecular weight is 307 g/mol. The van der Waals surface area contributed by atoms with Crippen LogP contribution in [0, 0.1) is 6.92 Å². The third-order valence-electron chi connectivity index (χ3n) is 3.03. The summed E-state index contributed by atoms with van der Waals surface area (Å²) in [6, 6.07) is 8.09. The smallest absolute Gasteiger partial charge is 0.191 e. The van der Waals surface area contributed by atoms with Crippen LogP contribution in [-0.4, -0.2) is 38.3 Å². The maximum absolute atomic E-state index is 10.0. The number of thioether (sulfide) groups is 1. The van der Waals surface area contributed by atoms with Crippen LogP contribution in [-0.2, 0) is 0 Å². The van der Waals surface area contributed by atoms with Gasteiger partial charge in [-0.15, -0.1) is 10.2 Å². The van der Waals surface area contributed by atoms with Gasteiger partial charge in [0.2, 0.25) is 0 Å². The Morgan fingerprint density at radius 2 is 2.10 bits per heavy atom. The van der Waals surface area contributed by atoms with Crippen LogP contribution < -0.4 is 4.74 Å². The van der Waals surface area contributed by atoms with Crippen LogP contribution in [0.25, 0.3) is 0 Å². The van der Waals surface area contributed by atoms with Gasteiger partial charge in [0.1, 0.15) is 18.7 Å². The lowest BCUT2D eigenvalue weighted by molar-refractivity contribution is 0.126. The van der Waals surface area contributed by atoms with E-state index in [9.17, 15) is 5.11 Å². The summed E-state index contributed by atoms with van der Waals surface area (Å²) < 4.78 is 7.63. The number of hydrogen-bond acceptors (Lipinski definition) is 5. The van der Waals surface area contributed by atoms with Gasteiger partial charge in [0, 0.05) is 11.8 Å². The Labute approximate surface area is 129 Å². The lowest BCUT2D eigenvalue weighted by atomic mass is 10.2. The molecule has 0 fully saturated rings. The first-order chi connectivity index (χ1) is 10.1. The van der Waals surface area contributed by atoms with Gasteiger partial charge in [-0.1, -0.05) is 30.0 Å². The van der Waals surface area contributed by atoms with E-state index in [0.717, 1.165) is 16.5 Å². The molecule has 0 aliphatic rings. The second-order valence-electron chi connectivity index (χ2n) is 5.16. The molecule has 2 rings (SSSR count). The van der Waals surface area contributed by atoms with Crippen molar-refractivity contribution in [2.24, 2.45) is 0 Å². The molecule has 1 heterocycles. The van der Waals surface area contributed by atoms with E-state index in [-0.39, 0.29) is 6.61 Å². The first-order valence-electron chi connectivity index (χ1n) is 6.96. The molecule has 0 aliphatic heterocycles. The van der Waals surface area contributed by atoms with Crippen LogP contribution in [0.2, 0.25) is 0 Å². The summed E-state index contributed by atoms with van der Waals surface area (Å²) in [5.41, 5.74) is 1.07. The van der Waals surface area contributed by atoms with Gasteiger partial charge in [0.15, 0.2) is 5.16 Å². The van der Waals surface area contributed by atoms with Crippen molar-refractivity contribution >= 4 is 11.8 Å². The monoisotopic (exact) mass is 307 g/mol. The number of rotatable bonds is 7. The fraction of sp³-hybridized carbons (Fsp3) is 0.467. The second kappa shape index (κ2) is 7.47. The molecule has 0 aliphatic carbocycles. The Morgan fingerprint density at radius 3 is 2.81 bits per heavy atom. The molecular formula is C15H21N3O2S. The van der Waals surface area contributed by atoms with Crippen molar-refractivity contribution in [1.82, 2.24) is 14.8 Å². The van der Waals surface area contributed by atoms with Crippen LogP contribution in [0.15, 0.2) is 35.7 Å². The summed E-state index contributed by atoms with van der Waals surface area (Å²) in [5, 5.41) is 18.8. The van der Waals surface area contributed by atoms with Crippen molar-refractivity contribution in [3.05, 3.63) is 36.2 Å².